The van der Waals surface area contributed by atoms with Crippen LogP contribution in [0.2, 0.25) is 5.02 Å². The van der Waals surface area contributed by atoms with Gasteiger partial charge in [-0.2, -0.15) is 0 Å². The lowest BCUT2D eigenvalue weighted by Crippen LogP contribution is -2.38. The van der Waals surface area contributed by atoms with Crippen molar-refractivity contribution >= 4 is 22.5 Å². The number of aromatic nitrogens is 1. The van der Waals surface area contributed by atoms with Crippen molar-refractivity contribution in [1.29, 1.82) is 0 Å². The average molecular weight is 383 g/mol. The summed E-state index contributed by atoms with van der Waals surface area (Å²) in [6, 6.07) is 12.6. The van der Waals surface area contributed by atoms with Crippen LogP contribution in [0.5, 0.6) is 5.75 Å². The Balaban J connectivity index is 1.35. The summed E-state index contributed by atoms with van der Waals surface area (Å²) in [6.45, 7) is 5.33. The number of H-pyrrole nitrogens is 1. The predicted octanol–water partition coefficient (Wildman–Crippen LogP) is 4.30. The highest BCUT2D eigenvalue weighted by molar-refractivity contribution is 6.31. The molecule has 5 heteroatoms. The number of aromatic amines is 1. The van der Waals surface area contributed by atoms with Crippen LogP contribution in [0.3, 0.4) is 0 Å². The van der Waals surface area contributed by atoms with Crippen molar-refractivity contribution in [1.82, 2.24) is 9.88 Å². The largest absolute Gasteiger partial charge is 0.492 e. The van der Waals surface area contributed by atoms with Crippen molar-refractivity contribution < 1.29 is 9.47 Å². The molecule has 140 valence electrons. The molecule has 2 aliphatic rings. The molecule has 0 bridgehead atoms. The molecule has 1 aliphatic heterocycles. The molecule has 0 amide bonds. The molecule has 27 heavy (non-hydrogen) atoms. The van der Waals surface area contributed by atoms with E-state index in [1.807, 2.05) is 6.07 Å². The second kappa shape index (κ2) is 7.19. The number of hydrogen-bond acceptors (Lipinski definition) is 3. The van der Waals surface area contributed by atoms with Gasteiger partial charge < -0.3 is 14.5 Å². The fourth-order valence-corrected chi connectivity index (χ4v) is 4.37. The van der Waals surface area contributed by atoms with Crippen LogP contribution in [0.1, 0.15) is 11.1 Å². The van der Waals surface area contributed by atoms with Gasteiger partial charge >= 0.3 is 0 Å². The van der Waals surface area contributed by atoms with Crippen LogP contribution >= 0.6 is 11.6 Å². The smallest absolute Gasteiger partial charge is 0.119 e. The zero-order chi connectivity index (χ0) is 18.2. The highest BCUT2D eigenvalue weighted by Crippen LogP contribution is 2.39. The van der Waals surface area contributed by atoms with Crippen LogP contribution in [-0.4, -0.2) is 49.3 Å². The lowest BCUT2D eigenvalue weighted by molar-refractivity contribution is 0.0322. The molecular formula is C22H23ClN2O2. The van der Waals surface area contributed by atoms with Gasteiger partial charge in [0.2, 0.25) is 0 Å². The minimum Gasteiger partial charge on any atom is -0.492 e. The second-order valence-corrected chi connectivity index (χ2v) is 7.73. The Bertz CT molecular complexity index is 976. The fraction of sp³-hybridized carbons (Fsp3) is 0.364. The fourth-order valence-electron chi connectivity index (χ4n) is 4.20. The molecule has 0 saturated carbocycles. The number of fused-ring (bicyclic) bond motifs is 5. The molecule has 5 rings (SSSR count). The molecule has 1 aliphatic carbocycles. The molecule has 1 fully saturated rings. The Hall–Kier alpha value is -2.01. The number of hydrogen-bond donors (Lipinski definition) is 1. The first-order valence-electron chi connectivity index (χ1n) is 9.64. The van der Waals surface area contributed by atoms with Crippen molar-refractivity contribution in [3.63, 3.8) is 0 Å². The van der Waals surface area contributed by atoms with Gasteiger partial charge in [-0.1, -0.05) is 11.6 Å². The van der Waals surface area contributed by atoms with Crippen molar-refractivity contribution in [3.05, 3.63) is 52.5 Å². The maximum Gasteiger partial charge on any atom is 0.119 e. The van der Waals surface area contributed by atoms with Gasteiger partial charge in [-0.25, -0.2) is 0 Å². The van der Waals surface area contributed by atoms with Crippen molar-refractivity contribution in [2.75, 3.05) is 39.5 Å². The van der Waals surface area contributed by atoms with E-state index in [1.165, 1.54) is 27.8 Å². The molecular weight excluding hydrogens is 360 g/mol. The summed E-state index contributed by atoms with van der Waals surface area (Å²) in [5.74, 6) is 0.963. The van der Waals surface area contributed by atoms with Gasteiger partial charge in [0.1, 0.15) is 12.4 Å². The SMILES string of the molecule is Clc1ccc2[nH]c3c(c2c1)CCc1cc(OCCN2CCOCC2)ccc1-3. The van der Waals surface area contributed by atoms with Crippen molar-refractivity contribution in [2.45, 2.75) is 12.8 Å². The zero-order valence-corrected chi connectivity index (χ0v) is 16.0. The standard InChI is InChI=1S/C22H23ClN2O2/c23-16-2-6-21-20(14-16)19-4-1-15-13-17(3-5-18(15)22(19)24-21)27-12-9-25-7-10-26-11-8-25/h2-3,5-6,13-14,24H,1,4,7-12H2. The minimum absolute atomic E-state index is 0.717. The quantitative estimate of drug-likeness (QED) is 0.731. The predicted molar refractivity (Wildman–Crippen MR) is 109 cm³/mol. The van der Waals surface area contributed by atoms with Gasteiger partial charge in [0, 0.05) is 46.8 Å². The zero-order valence-electron chi connectivity index (χ0n) is 15.3. The molecule has 1 saturated heterocycles. The number of ether oxygens (including phenoxy) is 2. The van der Waals surface area contributed by atoms with Crippen LogP contribution in [0.25, 0.3) is 22.2 Å². The first kappa shape index (κ1) is 17.1. The van der Waals surface area contributed by atoms with Crippen molar-refractivity contribution in [2.24, 2.45) is 0 Å². The van der Waals surface area contributed by atoms with E-state index in [0.717, 1.165) is 68.6 Å². The summed E-state index contributed by atoms with van der Waals surface area (Å²) in [5.41, 5.74) is 6.39. The Labute approximate surface area is 164 Å². The third kappa shape index (κ3) is 3.33. The van der Waals surface area contributed by atoms with E-state index in [-0.39, 0.29) is 0 Å². The highest BCUT2D eigenvalue weighted by Gasteiger charge is 2.21. The van der Waals surface area contributed by atoms with Crippen LogP contribution in [-0.2, 0) is 17.6 Å². The second-order valence-electron chi connectivity index (χ2n) is 7.29. The number of halogens is 1. The summed E-state index contributed by atoms with van der Waals surface area (Å²) in [4.78, 5) is 5.98. The maximum atomic E-state index is 6.20. The van der Waals surface area contributed by atoms with E-state index in [1.54, 1.807) is 0 Å². The normalized spacial score (nSPS) is 16.9. The summed E-state index contributed by atoms with van der Waals surface area (Å²) in [5, 5.41) is 2.04. The molecule has 2 heterocycles. The topological polar surface area (TPSA) is 37.5 Å². The van der Waals surface area contributed by atoms with Gasteiger partial charge in [-0.3, -0.25) is 4.90 Å². The Morgan fingerprint density at radius 3 is 2.85 bits per heavy atom. The Kier molecular flexibility index (Phi) is 4.56. The molecule has 0 spiro atoms. The van der Waals surface area contributed by atoms with Crippen LogP contribution in [0, 0.1) is 0 Å². The third-order valence-electron chi connectivity index (χ3n) is 5.64. The van der Waals surface area contributed by atoms with Crippen molar-refractivity contribution in [3.8, 4) is 17.0 Å². The van der Waals surface area contributed by atoms with E-state index >= 15 is 0 Å². The number of nitrogens with one attached hydrogen (secondary N) is 1. The molecule has 0 radical (unpaired) electrons. The van der Waals surface area contributed by atoms with Crippen LogP contribution < -0.4 is 4.74 Å². The summed E-state index contributed by atoms with van der Waals surface area (Å²) >= 11 is 6.20. The molecule has 2 aromatic carbocycles. The molecule has 3 aromatic rings. The highest BCUT2D eigenvalue weighted by atomic mass is 35.5. The number of aryl methyl sites for hydroxylation is 2. The molecule has 1 aromatic heterocycles. The lowest BCUT2D eigenvalue weighted by Gasteiger charge is -2.26. The third-order valence-corrected chi connectivity index (χ3v) is 5.87. The summed E-state index contributed by atoms with van der Waals surface area (Å²) < 4.78 is 11.4. The lowest BCUT2D eigenvalue weighted by atomic mass is 9.89. The molecule has 1 N–H and O–H groups in total. The van der Waals surface area contributed by atoms with Gasteiger partial charge in [-0.05, 0) is 60.4 Å². The van der Waals surface area contributed by atoms with E-state index < -0.39 is 0 Å². The van der Waals surface area contributed by atoms with Crippen LogP contribution in [0.4, 0.5) is 0 Å². The number of morpholine rings is 1. The Morgan fingerprint density at radius 2 is 1.96 bits per heavy atom. The minimum atomic E-state index is 0.717. The van der Waals surface area contributed by atoms with Gasteiger partial charge in [0.05, 0.1) is 13.2 Å². The van der Waals surface area contributed by atoms with Gasteiger partial charge in [0.25, 0.3) is 0 Å². The van der Waals surface area contributed by atoms with Crippen LogP contribution in [0.15, 0.2) is 36.4 Å². The average Bonchev–Trinajstić information content (AvgIpc) is 3.07. The first-order valence-corrected chi connectivity index (χ1v) is 10.0. The number of nitrogens with zero attached hydrogens (tertiary/aromatic N) is 1. The summed E-state index contributed by atoms with van der Waals surface area (Å²) in [7, 11) is 0. The Morgan fingerprint density at radius 1 is 1.07 bits per heavy atom. The van der Waals surface area contributed by atoms with E-state index in [0.29, 0.717) is 0 Å². The van der Waals surface area contributed by atoms with Gasteiger partial charge in [-0.15, -0.1) is 0 Å². The van der Waals surface area contributed by atoms with E-state index in [9.17, 15) is 0 Å². The monoisotopic (exact) mass is 382 g/mol. The van der Waals surface area contributed by atoms with E-state index in [2.05, 4.69) is 40.2 Å². The molecule has 4 nitrogen and oxygen atoms in total. The van der Waals surface area contributed by atoms with Gasteiger partial charge in [0.15, 0.2) is 0 Å². The van der Waals surface area contributed by atoms with E-state index in [4.69, 9.17) is 21.1 Å². The molecule has 0 atom stereocenters. The maximum absolute atomic E-state index is 6.20. The first-order chi connectivity index (χ1) is 13.3. The molecule has 0 unspecified atom stereocenters. The number of rotatable bonds is 4. The number of benzene rings is 2. The summed E-state index contributed by atoms with van der Waals surface area (Å²) in [6.07, 6.45) is 2.06.